The average Bonchev–Trinajstić information content (AvgIpc) is 2.64. The Balaban J connectivity index is 1.72. The lowest BCUT2D eigenvalue weighted by molar-refractivity contribution is 0.0458. The fraction of sp³-hybridized carbons (Fsp3) is 0.368. The van der Waals surface area contributed by atoms with Crippen molar-refractivity contribution < 1.29 is 9.53 Å². The molecule has 0 aliphatic carbocycles. The first-order valence-corrected chi connectivity index (χ1v) is 9.35. The van der Waals surface area contributed by atoms with Crippen molar-refractivity contribution in [3.8, 4) is 0 Å². The summed E-state index contributed by atoms with van der Waals surface area (Å²) < 4.78 is 6.68. The van der Waals surface area contributed by atoms with Crippen molar-refractivity contribution in [2.24, 2.45) is 0 Å². The van der Waals surface area contributed by atoms with Crippen LogP contribution in [0.5, 0.6) is 0 Å². The Morgan fingerprint density at radius 3 is 2.68 bits per heavy atom. The molecule has 5 nitrogen and oxygen atoms in total. The van der Waals surface area contributed by atoms with Gasteiger partial charge in [-0.2, -0.15) is 0 Å². The van der Waals surface area contributed by atoms with Crippen molar-refractivity contribution in [2.45, 2.75) is 25.9 Å². The fourth-order valence-corrected chi connectivity index (χ4v) is 3.29. The number of aromatic nitrogens is 1. The van der Waals surface area contributed by atoms with Crippen LogP contribution in [0.4, 0.5) is 11.5 Å². The molecule has 2 heterocycles. The first kappa shape index (κ1) is 17.9. The third-order valence-electron chi connectivity index (χ3n) is 4.28. The van der Waals surface area contributed by atoms with Crippen LogP contribution in [0.2, 0.25) is 0 Å². The summed E-state index contributed by atoms with van der Waals surface area (Å²) in [5, 5.41) is 2.94. The largest absolute Gasteiger partial charge is 0.378 e. The van der Waals surface area contributed by atoms with Crippen molar-refractivity contribution in [2.75, 3.05) is 29.9 Å². The van der Waals surface area contributed by atoms with Crippen LogP contribution in [-0.4, -0.2) is 36.7 Å². The van der Waals surface area contributed by atoms with E-state index in [1.54, 1.807) is 12.3 Å². The number of anilines is 2. The smallest absolute Gasteiger partial charge is 0.259 e. The number of carbonyl (C=O) groups excluding carboxylic acids is 1. The number of benzene rings is 1. The Kier molecular flexibility index (Phi) is 6.04. The Hall–Kier alpha value is -1.92. The summed E-state index contributed by atoms with van der Waals surface area (Å²) in [7, 11) is 0. The third-order valence-corrected chi connectivity index (χ3v) is 4.81. The van der Waals surface area contributed by atoms with Crippen LogP contribution < -0.4 is 10.2 Å². The molecule has 1 fully saturated rings. The number of hydrogen-bond acceptors (Lipinski definition) is 4. The molecule has 1 aliphatic heterocycles. The number of piperidine rings is 1. The molecule has 1 aromatic heterocycles. The van der Waals surface area contributed by atoms with E-state index in [1.807, 2.05) is 37.3 Å². The first-order chi connectivity index (χ1) is 12.2. The van der Waals surface area contributed by atoms with Crippen LogP contribution in [0.1, 0.15) is 30.1 Å². The molecule has 0 bridgehead atoms. The monoisotopic (exact) mass is 403 g/mol. The standard InChI is InChI=1S/C19H22BrN3O2/c1-2-25-16-9-12-23(13-10-16)18-17(4-3-11-21-18)19(24)22-15-7-5-14(20)6-8-15/h3-8,11,16H,2,9-10,12-13H2,1H3,(H,22,24). The summed E-state index contributed by atoms with van der Waals surface area (Å²) in [6, 6.07) is 11.2. The molecule has 3 rings (SSSR count). The van der Waals surface area contributed by atoms with Crippen LogP contribution in [0.25, 0.3) is 0 Å². The summed E-state index contributed by atoms with van der Waals surface area (Å²) >= 11 is 3.40. The highest BCUT2D eigenvalue weighted by atomic mass is 79.9. The summed E-state index contributed by atoms with van der Waals surface area (Å²) in [6.45, 7) is 4.46. The number of halogens is 1. The number of pyridine rings is 1. The Morgan fingerprint density at radius 1 is 1.28 bits per heavy atom. The van der Waals surface area contributed by atoms with E-state index in [2.05, 4.69) is 31.1 Å². The van der Waals surface area contributed by atoms with E-state index in [9.17, 15) is 4.79 Å². The zero-order valence-corrected chi connectivity index (χ0v) is 15.8. The van der Waals surface area contributed by atoms with Crippen LogP contribution in [0.3, 0.4) is 0 Å². The number of nitrogens with one attached hydrogen (secondary N) is 1. The predicted octanol–water partition coefficient (Wildman–Crippen LogP) is 4.10. The van der Waals surface area contributed by atoms with Gasteiger partial charge >= 0.3 is 0 Å². The van der Waals surface area contributed by atoms with Gasteiger partial charge in [-0.3, -0.25) is 4.79 Å². The van der Waals surface area contributed by atoms with Gasteiger partial charge in [0.05, 0.1) is 11.7 Å². The maximum absolute atomic E-state index is 12.7. The zero-order chi connectivity index (χ0) is 17.6. The van der Waals surface area contributed by atoms with Gasteiger partial charge in [0.2, 0.25) is 0 Å². The van der Waals surface area contributed by atoms with Crippen molar-refractivity contribution in [3.63, 3.8) is 0 Å². The highest BCUT2D eigenvalue weighted by Gasteiger charge is 2.24. The number of carbonyl (C=O) groups is 1. The molecule has 6 heteroatoms. The predicted molar refractivity (Wildman–Crippen MR) is 103 cm³/mol. The van der Waals surface area contributed by atoms with Gasteiger partial charge in [0.25, 0.3) is 5.91 Å². The number of hydrogen-bond donors (Lipinski definition) is 1. The van der Waals surface area contributed by atoms with Gasteiger partial charge in [0, 0.05) is 36.1 Å². The van der Waals surface area contributed by atoms with E-state index in [0.717, 1.165) is 48.5 Å². The van der Waals surface area contributed by atoms with Gasteiger partial charge in [-0.05, 0) is 56.2 Å². The van der Waals surface area contributed by atoms with Crippen molar-refractivity contribution >= 4 is 33.3 Å². The number of amides is 1. The van der Waals surface area contributed by atoms with E-state index in [-0.39, 0.29) is 5.91 Å². The van der Waals surface area contributed by atoms with Gasteiger partial charge < -0.3 is 15.0 Å². The summed E-state index contributed by atoms with van der Waals surface area (Å²) in [5.74, 6) is 0.601. The van der Waals surface area contributed by atoms with Gasteiger partial charge in [-0.1, -0.05) is 15.9 Å². The quantitative estimate of drug-likeness (QED) is 0.815. The Morgan fingerprint density at radius 2 is 2.00 bits per heavy atom. The maximum atomic E-state index is 12.7. The third kappa shape index (κ3) is 4.58. The minimum Gasteiger partial charge on any atom is -0.378 e. The molecular weight excluding hydrogens is 382 g/mol. The molecule has 1 aromatic carbocycles. The SMILES string of the molecule is CCOC1CCN(c2ncccc2C(=O)Nc2ccc(Br)cc2)CC1. The molecule has 0 radical (unpaired) electrons. The number of nitrogens with zero attached hydrogens (tertiary/aromatic N) is 2. The topological polar surface area (TPSA) is 54.5 Å². The summed E-state index contributed by atoms with van der Waals surface area (Å²) in [5.41, 5.74) is 1.36. The van der Waals surface area contributed by atoms with Gasteiger partial charge in [-0.15, -0.1) is 0 Å². The highest BCUT2D eigenvalue weighted by molar-refractivity contribution is 9.10. The lowest BCUT2D eigenvalue weighted by Crippen LogP contribution is -2.38. The lowest BCUT2D eigenvalue weighted by atomic mass is 10.1. The molecule has 1 N–H and O–H groups in total. The Bertz CT molecular complexity index is 713. The van der Waals surface area contributed by atoms with Crippen LogP contribution in [-0.2, 0) is 4.74 Å². The Labute approximate surface area is 156 Å². The second kappa shape index (κ2) is 8.45. The van der Waals surface area contributed by atoms with E-state index in [1.165, 1.54) is 0 Å². The van der Waals surface area contributed by atoms with Gasteiger partial charge in [0.1, 0.15) is 5.82 Å². The second-order valence-electron chi connectivity index (χ2n) is 5.98. The molecule has 1 aliphatic rings. The summed E-state index contributed by atoms with van der Waals surface area (Å²) in [4.78, 5) is 19.4. The average molecular weight is 404 g/mol. The van der Waals surface area contributed by atoms with Crippen LogP contribution >= 0.6 is 15.9 Å². The molecule has 25 heavy (non-hydrogen) atoms. The maximum Gasteiger partial charge on any atom is 0.259 e. The molecule has 132 valence electrons. The number of ether oxygens (including phenoxy) is 1. The molecule has 1 saturated heterocycles. The van der Waals surface area contributed by atoms with Gasteiger partial charge in [0.15, 0.2) is 0 Å². The molecular formula is C19H22BrN3O2. The van der Waals surface area contributed by atoms with Crippen LogP contribution in [0.15, 0.2) is 47.1 Å². The first-order valence-electron chi connectivity index (χ1n) is 8.56. The van der Waals surface area contributed by atoms with Gasteiger partial charge in [-0.25, -0.2) is 4.98 Å². The van der Waals surface area contributed by atoms with Crippen molar-refractivity contribution in [3.05, 3.63) is 52.6 Å². The lowest BCUT2D eigenvalue weighted by Gasteiger charge is -2.33. The van der Waals surface area contributed by atoms with E-state index in [0.29, 0.717) is 11.7 Å². The molecule has 1 amide bonds. The van der Waals surface area contributed by atoms with E-state index < -0.39 is 0 Å². The molecule has 2 aromatic rings. The van der Waals surface area contributed by atoms with E-state index in [4.69, 9.17) is 4.74 Å². The minimum atomic E-state index is -0.141. The molecule has 0 saturated carbocycles. The van der Waals surface area contributed by atoms with Crippen LogP contribution in [0, 0.1) is 0 Å². The minimum absolute atomic E-state index is 0.141. The number of rotatable bonds is 5. The molecule has 0 unspecified atom stereocenters. The van der Waals surface area contributed by atoms with E-state index >= 15 is 0 Å². The molecule has 0 spiro atoms. The normalized spacial score (nSPS) is 15.2. The molecule has 0 atom stereocenters. The zero-order valence-electron chi connectivity index (χ0n) is 14.2. The fourth-order valence-electron chi connectivity index (χ4n) is 3.03. The second-order valence-corrected chi connectivity index (χ2v) is 6.89. The van der Waals surface area contributed by atoms with Crippen molar-refractivity contribution in [1.29, 1.82) is 0 Å². The highest BCUT2D eigenvalue weighted by Crippen LogP contribution is 2.24. The van der Waals surface area contributed by atoms with Crippen molar-refractivity contribution in [1.82, 2.24) is 4.98 Å². The summed E-state index contributed by atoms with van der Waals surface area (Å²) in [6.07, 6.45) is 3.96.